The first-order valence-electron chi connectivity index (χ1n) is 9.64. The minimum absolute atomic E-state index is 0.213. The highest BCUT2D eigenvalue weighted by Gasteiger charge is 2.15. The Labute approximate surface area is 179 Å². The molecule has 1 aliphatic heterocycles. The molecule has 0 unspecified atom stereocenters. The molecule has 1 amide bonds. The van der Waals surface area contributed by atoms with Crippen LogP contribution in [0.4, 0.5) is 0 Å². The molecule has 4 nitrogen and oxygen atoms in total. The van der Waals surface area contributed by atoms with Crippen molar-refractivity contribution in [3.05, 3.63) is 105 Å². The summed E-state index contributed by atoms with van der Waals surface area (Å²) >= 11 is 3.42. The SMILES string of the molecule is O=C(N/N=C\c1cccc(Br)c1)c1ccc(CN2CCc3ccccc3C2)cc1. The van der Waals surface area contributed by atoms with E-state index >= 15 is 0 Å². The molecule has 0 aliphatic carbocycles. The molecule has 0 spiro atoms. The number of carbonyl (C=O) groups is 1. The molecule has 29 heavy (non-hydrogen) atoms. The van der Waals surface area contributed by atoms with E-state index in [1.807, 2.05) is 48.5 Å². The summed E-state index contributed by atoms with van der Waals surface area (Å²) in [6.07, 6.45) is 2.72. The fraction of sp³-hybridized carbons (Fsp3) is 0.167. The average molecular weight is 448 g/mol. The van der Waals surface area contributed by atoms with Crippen LogP contribution in [0.5, 0.6) is 0 Å². The van der Waals surface area contributed by atoms with Crippen LogP contribution in [0.25, 0.3) is 0 Å². The van der Waals surface area contributed by atoms with Gasteiger partial charge in [0, 0.05) is 29.7 Å². The van der Waals surface area contributed by atoms with Gasteiger partial charge in [-0.2, -0.15) is 5.10 Å². The second-order valence-electron chi connectivity index (χ2n) is 7.18. The van der Waals surface area contributed by atoms with Gasteiger partial charge in [0.15, 0.2) is 0 Å². The number of amides is 1. The van der Waals surface area contributed by atoms with Crippen LogP contribution in [0, 0.1) is 0 Å². The van der Waals surface area contributed by atoms with Crippen LogP contribution < -0.4 is 5.43 Å². The second-order valence-corrected chi connectivity index (χ2v) is 8.10. The van der Waals surface area contributed by atoms with Gasteiger partial charge < -0.3 is 0 Å². The predicted molar refractivity (Wildman–Crippen MR) is 120 cm³/mol. The molecule has 0 fully saturated rings. The number of nitrogens with one attached hydrogen (secondary N) is 1. The Bertz CT molecular complexity index is 1030. The molecule has 0 saturated heterocycles. The Morgan fingerprint density at radius 2 is 1.83 bits per heavy atom. The normalized spacial score (nSPS) is 14.0. The highest BCUT2D eigenvalue weighted by molar-refractivity contribution is 9.10. The lowest BCUT2D eigenvalue weighted by Crippen LogP contribution is -2.30. The van der Waals surface area contributed by atoms with Gasteiger partial charge >= 0.3 is 0 Å². The van der Waals surface area contributed by atoms with E-state index in [0.29, 0.717) is 5.56 Å². The van der Waals surface area contributed by atoms with Crippen LogP contribution in [-0.4, -0.2) is 23.6 Å². The standard InChI is InChI=1S/C24H22BrN3O/c25-23-7-3-4-19(14-23)15-26-27-24(29)21-10-8-18(9-11-21)16-28-13-12-20-5-1-2-6-22(20)17-28/h1-11,14-15H,12-13,16-17H2,(H,27,29)/b26-15-. The lowest BCUT2D eigenvalue weighted by Gasteiger charge is -2.28. The maximum atomic E-state index is 12.3. The first-order chi connectivity index (χ1) is 14.2. The number of nitrogens with zero attached hydrogens (tertiary/aromatic N) is 2. The minimum atomic E-state index is -0.213. The molecule has 0 aromatic heterocycles. The lowest BCUT2D eigenvalue weighted by molar-refractivity contribution is 0.0955. The Kier molecular flexibility index (Phi) is 6.17. The van der Waals surface area contributed by atoms with Crippen molar-refractivity contribution in [1.82, 2.24) is 10.3 Å². The summed E-state index contributed by atoms with van der Waals surface area (Å²) in [6, 6.07) is 24.1. The van der Waals surface area contributed by atoms with Crippen LogP contribution in [0.1, 0.15) is 32.6 Å². The molecule has 0 radical (unpaired) electrons. The third-order valence-corrected chi connectivity index (χ3v) is 5.55. The molecule has 4 rings (SSSR count). The van der Waals surface area contributed by atoms with Gasteiger partial charge in [-0.15, -0.1) is 0 Å². The van der Waals surface area contributed by atoms with Gasteiger partial charge in [-0.3, -0.25) is 9.69 Å². The first kappa shape index (κ1) is 19.6. The molecule has 1 aliphatic rings. The van der Waals surface area contributed by atoms with Crippen molar-refractivity contribution < 1.29 is 4.79 Å². The van der Waals surface area contributed by atoms with Crippen molar-refractivity contribution >= 4 is 28.1 Å². The van der Waals surface area contributed by atoms with E-state index in [9.17, 15) is 4.79 Å². The molecule has 3 aromatic rings. The number of hydrazone groups is 1. The van der Waals surface area contributed by atoms with Crippen molar-refractivity contribution in [1.29, 1.82) is 0 Å². The van der Waals surface area contributed by atoms with Gasteiger partial charge in [0.1, 0.15) is 0 Å². The van der Waals surface area contributed by atoms with Crippen LogP contribution in [0.2, 0.25) is 0 Å². The average Bonchev–Trinajstić information content (AvgIpc) is 2.74. The smallest absolute Gasteiger partial charge is 0.271 e. The fourth-order valence-electron chi connectivity index (χ4n) is 3.53. The maximum absolute atomic E-state index is 12.3. The van der Waals surface area contributed by atoms with Crippen molar-refractivity contribution in [3.8, 4) is 0 Å². The number of rotatable bonds is 5. The number of hydrogen-bond donors (Lipinski definition) is 1. The number of halogens is 1. The Morgan fingerprint density at radius 1 is 1.03 bits per heavy atom. The zero-order valence-corrected chi connectivity index (χ0v) is 17.6. The van der Waals surface area contributed by atoms with Crippen LogP contribution >= 0.6 is 15.9 Å². The topological polar surface area (TPSA) is 44.7 Å². The summed E-state index contributed by atoms with van der Waals surface area (Å²) in [7, 11) is 0. The summed E-state index contributed by atoms with van der Waals surface area (Å²) in [6.45, 7) is 2.92. The summed E-state index contributed by atoms with van der Waals surface area (Å²) in [5.41, 5.74) is 8.18. The number of hydrogen-bond acceptors (Lipinski definition) is 3. The zero-order valence-electron chi connectivity index (χ0n) is 16.0. The molecule has 1 N–H and O–H groups in total. The van der Waals surface area contributed by atoms with Crippen molar-refractivity contribution in [2.45, 2.75) is 19.5 Å². The van der Waals surface area contributed by atoms with E-state index in [1.165, 1.54) is 16.7 Å². The number of fused-ring (bicyclic) bond motifs is 1. The molecule has 0 bridgehead atoms. The van der Waals surface area contributed by atoms with Crippen LogP contribution in [-0.2, 0) is 19.5 Å². The molecule has 1 heterocycles. The van der Waals surface area contributed by atoms with Crippen molar-refractivity contribution in [2.75, 3.05) is 6.54 Å². The Morgan fingerprint density at radius 3 is 2.62 bits per heavy atom. The molecule has 146 valence electrons. The van der Waals surface area contributed by atoms with E-state index in [-0.39, 0.29) is 5.91 Å². The largest absolute Gasteiger partial charge is 0.294 e. The molecular formula is C24H22BrN3O. The van der Waals surface area contributed by atoms with Gasteiger partial charge in [0.05, 0.1) is 6.21 Å². The van der Waals surface area contributed by atoms with E-state index in [2.05, 4.69) is 55.6 Å². The van der Waals surface area contributed by atoms with E-state index in [1.54, 1.807) is 6.21 Å². The highest BCUT2D eigenvalue weighted by Crippen LogP contribution is 2.20. The summed E-state index contributed by atoms with van der Waals surface area (Å²) < 4.78 is 0.973. The summed E-state index contributed by atoms with van der Waals surface area (Å²) in [5, 5.41) is 4.04. The van der Waals surface area contributed by atoms with Crippen molar-refractivity contribution in [3.63, 3.8) is 0 Å². The molecule has 3 aromatic carbocycles. The Balaban J connectivity index is 1.32. The molecular weight excluding hydrogens is 426 g/mol. The van der Waals surface area contributed by atoms with Crippen molar-refractivity contribution in [2.24, 2.45) is 5.10 Å². The lowest BCUT2D eigenvalue weighted by atomic mass is 9.99. The van der Waals surface area contributed by atoms with E-state index in [0.717, 1.165) is 36.1 Å². The fourth-order valence-corrected chi connectivity index (χ4v) is 3.94. The van der Waals surface area contributed by atoms with Gasteiger partial charge in [-0.1, -0.05) is 64.5 Å². The quantitative estimate of drug-likeness (QED) is 0.452. The van der Waals surface area contributed by atoms with Crippen LogP contribution in [0.3, 0.4) is 0 Å². The predicted octanol–water partition coefficient (Wildman–Crippen LogP) is 4.77. The number of carbonyl (C=O) groups excluding carboxylic acids is 1. The summed E-state index contributed by atoms with van der Waals surface area (Å²) in [5.74, 6) is -0.213. The second kappa shape index (κ2) is 9.16. The first-order valence-corrected chi connectivity index (χ1v) is 10.4. The molecule has 5 heteroatoms. The van der Waals surface area contributed by atoms with Gasteiger partial charge in [-0.25, -0.2) is 5.43 Å². The zero-order chi connectivity index (χ0) is 20.1. The third-order valence-electron chi connectivity index (χ3n) is 5.06. The van der Waals surface area contributed by atoms with Gasteiger partial charge in [-0.05, 0) is 52.9 Å². The molecule has 0 saturated carbocycles. The molecule has 0 atom stereocenters. The van der Waals surface area contributed by atoms with Gasteiger partial charge in [0.25, 0.3) is 5.91 Å². The van der Waals surface area contributed by atoms with Crippen LogP contribution in [0.15, 0.2) is 82.4 Å². The van der Waals surface area contributed by atoms with E-state index < -0.39 is 0 Å². The Hall–Kier alpha value is -2.76. The number of benzene rings is 3. The maximum Gasteiger partial charge on any atom is 0.271 e. The highest BCUT2D eigenvalue weighted by atomic mass is 79.9. The minimum Gasteiger partial charge on any atom is -0.294 e. The van der Waals surface area contributed by atoms with Gasteiger partial charge in [0.2, 0.25) is 0 Å². The monoisotopic (exact) mass is 447 g/mol. The third kappa shape index (κ3) is 5.19. The summed E-state index contributed by atoms with van der Waals surface area (Å²) in [4.78, 5) is 14.7. The van der Waals surface area contributed by atoms with E-state index in [4.69, 9.17) is 0 Å².